The van der Waals surface area contributed by atoms with Crippen molar-refractivity contribution in [1.82, 2.24) is 25.3 Å². The fourth-order valence-corrected chi connectivity index (χ4v) is 16.7. The number of likely N-dealkylation sites (N-methyl/N-ethyl adjacent to an activating group) is 2. The number of aliphatic hydroxyl groups excluding tert-OH is 1. The van der Waals surface area contributed by atoms with Gasteiger partial charge in [-0.2, -0.15) is 0 Å². The topological polar surface area (TPSA) is 372 Å². The van der Waals surface area contributed by atoms with Gasteiger partial charge in [-0.05, 0) is 139 Å². The zero-order chi connectivity index (χ0) is 98.2. The van der Waals surface area contributed by atoms with E-state index in [4.69, 9.17) is 23.7 Å². The van der Waals surface area contributed by atoms with E-state index in [1.807, 2.05) is 155 Å². The van der Waals surface area contributed by atoms with Crippen molar-refractivity contribution in [2.75, 3.05) is 45.5 Å². The Balaban J connectivity index is 0.000000667. The lowest BCUT2D eigenvalue weighted by atomic mass is 9.83. The smallest absolute Gasteiger partial charge is 0.445 e. The average Bonchev–Trinajstić information content (AvgIpc) is 1.79. The number of ether oxygens (including phenoxy) is 5. The van der Waals surface area contributed by atoms with Gasteiger partial charge in [0.25, 0.3) is 5.69 Å². The minimum absolute atomic E-state index is 0.00163. The molecule has 1 aliphatic rings. The monoisotopic (exact) mass is 1830 g/mol. The first-order valence-corrected chi connectivity index (χ1v) is 47.7. The van der Waals surface area contributed by atoms with Crippen molar-refractivity contribution in [3.05, 3.63) is 130 Å². The van der Waals surface area contributed by atoms with Crippen LogP contribution in [-0.2, 0) is 80.1 Å². The lowest BCUT2D eigenvalue weighted by Gasteiger charge is -2.41. The van der Waals surface area contributed by atoms with Crippen molar-refractivity contribution >= 4 is 87.9 Å². The number of rotatable bonds is 56. The molecule has 5 N–H and O–H groups in total. The molecule has 0 saturated carbocycles. The number of nitro benzene ring substituents is 1. The van der Waals surface area contributed by atoms with Crippen LogP contribution < -0.4 is 26.0 Å². The van der Waals surface area contributed by atoms with Gasteiger partial charge in [-0.1, -0.05) is 238 Å². The molecule has 0 spiro atoms. The highest BCUT2D eigenvalue weighted by Crippen LogP contribution is 2.35. The molecule has 16 atom stereocenters. The zero-order valence-electron chi connectivity index (χ0n) is 82.9. The van der Waals surface area contributed by atoms with Gasteiger partial charge in [0.05, 0.1) is 59.9 Å². The Morgan fingerprint density at radius 2 is 1.00 bits per heavy atom. The van der Waals surface area contributed by atoms with Crippen LogP contribution in [0.2, 0.25) is 0 Å². The number of unbranched alkanes of at least 4 members (excludes halogenated alkanes) is 4. The van der Waals surface area contributed by atoms with Crippen LogP contribution in [-0.4, -0.2) is 173 Å². The number of non-ortho nitro benzene ring substituents is 1. The molecule has 4 aromatic rings. The number of nitrogens with one attached hydrogen (secondary N) is 4. The summed E-state index contributed by atoms with van der Waals surface area (Å²) in [5.74, 6) is -5.27. The zero-order valence-corrected chi connectivity index (χ0v) is 82.9. The summed E-state index contributed by atoms with van der Waals surface area (Å²) in [6.45, 7) is 39.2. The number of nitro groups is 1. The highest BCUT2D eigenvalue weighted by Gasteiger charge is 2.45. The number of likely N-dealkylation sites (tertiary alicyclic amines) is 1. The number of carbonyl (C=O) groups excluding carboxylic acids is 12. The van der Waals surface area contributed by atoms with Crippen molar-refractivity contribution in [3.63, 3.8) is 0 Å². The van der Waals surface area contributed by atoms with E-state index in [2.05, 4.69) is 35.1 Å². The molecule has 0 aromatic heterocycles. The third kappa shape index (κ3) is 37.3. The van der Waals surface area contributed by atoms with Crippen molar-refractivity contribution in [2.45, 2.75) is 316 Å². The second-order valence-electron chi connectivity index (χ2n) is 38.4. The number of carbonyl (C=O) groups is 12. The summed E-state index contributed by atoms with van der Waals surface area (Å²) in [6, 6.07) is 24.8. The van der Waals surface area contributed by atoms with Gasteiger partial charge in [-0.15, -0.1) is 0 Å². The van der Waals surface area contributed by atoms with Gasteiger partial charge >= 0.3 is 12.2 Å². The summed E-state index contributed by atoms with van der Waals surface area (Å²) in [4.78, 5) is 179. The van der Waals surface area contributed by atoms with Crippen LogP contribution in [0.25, 0.3) is 0 Å². The standard InChI is InChI=1S/C69H111N5O12.C34H47N3O8/c1-19-21-23-29-52(38-58(76)55(36-42(3)4)71-66(80)48(13)43(5)6)67(81)70-53-33-31-50(32-34-53)41-86-69(83)73(16)62(45(9)10)59(77)39-54(44(7)8)68(82)72(15)63(46(11)20-2)60(84-17)40-61(78)74-35-26-30-56(74)65(85-18)49(14)57(75)37-47(12)64(79)51-27-24-22-25-28-51;1-7-8-9-10-26(20-31(38)30(19-22(2)3)36-32(39)24(6)23(4)5)33(40)35-27-13-11-25(12-14-27)21-44-34(41)45-29-17-15-28(16-18-29)37(42)43/h22,24-25,27-28,31-34,42-49,52,54-56,60,62-65,79H,19-21,23,26,29-30,35-41H2,1-18H3,(H,70,81)(H,71,80);11-18,22-24,26,30H,7-10,19-21H2,1-6H3,(H,35,40)(H,36,39)/t46-,47-,48-,49-,52+,54-,55-,56-,60?,62-,63-,64+,65+;24-,26+,30-/m00/s1. The lowest BCUT2D eigenvalue weighted by Crippen LogP contribution is -2.54. The van der Waals surface area contributed by atoms with Crippen LogP contribution in [0.5, 0.6) is 5.75 Å². The molecule has 1 heterocycles. The molecule has 5 rings (SSSR count). The second kappa shape index (κ2) is 57.6. The van der Waals surface area contributed by atoms with Crippen molar-refractivity contribution < 1.29 is 91.2 Å². The number of hydrogen-bond donors (Lipinski definition) is 5. The van der Waals surface area contributed by atoms with E-state index >= 15 is 0 Å². The van der Waals surface area contributed by atoms with E-state index in [9.17, 15) is 72.8 Å². The summed E-state index contributed by atoms with van der Waals surface area (Å²) in [5.41, 5.74) is 2.94. The third-order valence-corrected chi connectivity index (χ3v) is 25.8. The average molecular weight is 1830 g/mol. The number of benzene rings is 4. The number of ketones is 4. The predicted molar refractivity (Wildman–Crippen MR) is 510 cm³/mol. The number of amides is 7. The lowest BCUT2D eigenvalue weighted by molar-refractivity contribution is -0.384. The summed E-state index contributed by atoms with van der Waals surface area (Å²) in [7, 11) is 6.33. The molecule has 7 amide bonds. The van der Waals surface area contributed by atoms with E-state index in [0.717, 1.165) is 50.5 Å². The van der Waals surface area contributed by atoms with Gasteiger partial charge in [0.2, 0.25) is 35.4 Å². The van der Waals surface area contributed by atoms with Crippen LogP contribution in [0.15, 0.2) is 103 Å². The summed E-state index contributed by atoms with van der Waals surface area (Å²) >= 11 is 0. The van der Waals surface area contributed by atoms with Crippen LogP contribution in [0, 0.1) is 93.0 Å². The van der Waals surface area contributed by atoms with Crippen LogP contribution >= 0.6 is 0 Å². The number of methoxy groups -OCH3 is 2. The predicted octanol–water partition coefficient (Wildman–Crippen LogP) is 18.9. The van der Waals surface area contributed by atoms with Gasteiger partial charge in [0, 0.05) is 120 Å². The maximum Gasteiger partial charge on any atom is 0.514 e. The second-order valence-corrected chi connectivity index (χ2v) is 38.4. The molecule has 28 nitrogen and oxygen atoms in total. The highest BCUT2D eigenvalue weighted by molar-refractivity contribution is 5.99. The Bertz CT molecular complexity index is 4230. The minimum atomic E-state index is -0.966. The van der Waals surface area contributed by atoms with Crippen LogP contribution in [0.1, 0.15) is 277 Å². The normalized spacial score (nSPS) is 16.2. The number of nitrogens with zero attached hydrogens (tertiary/aromatic N) is 4. The third-order valence-electron chi connectivity index (χ3n) is 25.8. The molecular weight excluding hydrogens is 1670 g/mol. The van der Waals surface area contributed by atoms with Crippen LogP contribution in [0.3, 0.4) is 0 Å². The van der Waals surface area contributed by atoms with Gasteiger partial charge in [0.1, 0.15) is 24.7 Å². The van der Waals surface area contributed by atoms with Gasteiger partial charge in [-0.3, -0.25) is 58.1 Å². The van der Waals surface area contributed by atoms with Gasteiger partial charge in [0.15, 0.2) is 17.3 Å². The molecule has 730 valence electrons. The number of hydrogen-bond acceptors (Lipinski definition) is 20. The molecule has 1 saturated heterocycles. The molecule has 4 aromatic carbocycles. The van der Waals surface area contributed by atoms with Gasteiger partial charge in [-0.25, -0.2) is 9.59 Å². The largest absolute Gasteiger partial charge is 0.514 e. The molecule has 0 radical (unpaired) electrons. The van der Waals surface area contributed by atoms with E-state index in [0.29, 0.717) is 67.6 Å². The Hall–Kier alpha value is -9.80. The van der Waals surface area contributed by atoms with E-state index in [1.54, 1.807) is 79.6 Å². The molecule has 1 unspecified atom stereocenters. The number of aliphatic hydroxyl groups is 1. The molecular formula is C103H158N8O20. The Labute approximate surface area is 780 Å². The van der Waals surface area contributed by atoms with Crippen LogP contribution in [0.4, 0.5) is 26.7 Å². The van der Waals surface area contributed by atoms with E-state index in [1.165, 1.54) is 36.2 Å². The highest BCUT2D eigenvalue weighted by atomic mass is 16.7. The minimum Gasteiger partial charge on any atom is -0.445 e. The Morgan fingerprint density at radius 1 is 0.519 bits per heavy atom. The quantitative estimate of drug-likeness (QED) is 0.00901. The van der Waals surface area contributed by atoms with Crippen molar-refractivity contribution in [3.8, 4) is 5.75 Å². The number of Topliss-reactive ketones (excluding diaryl/α,β-unsaturated/α-hetero) is 4. The first-order valence-electron chi connectivity index (χ1n) is 47.7. The first-order chi connectivity index (χ1) is 61.8. The molecule has 0 bridgehead atoms. The molecule has 0 aliphatic carbocycles. The summed E-state index contributed by atoms with van der Waals surface area (Å²) < 4.78 is 28.1. The first kappa shape index (κ1) is 114. The maximum absolute atomic E-state index is 14.9. The Kier molecular flexibility index (Phi) is 49.9. The van der Waals surface area contributed by atoms with Gasteiger partial charge < -0.3 is 64.8 Å². The van der Waals surface area contributed by atoms with E-state index < -0.39 is 83.3 Å². The van der Waals surface area contributed by atoms with E-state index in [-0.39, 0.29) is 181 Å². The van der Waals surface area contributed by atoms with Crippen molar-refractivity contribution in [1.29, 1.82) is 0 Å². The molecule has 131 heavy (non-hydrogen) atoms. The SMILES string of the molecule is CCCCC[C@H](CC(=O)[C@H](CC(C)C)NC(=O)[C@@H](C)C(C)C)C(=O)Nc1ccc(COC(=O)N(C)[C@H](C(=O)C[C@H](C(=O)N(C)[C@H](C(CC(=O)N2CCC[C@H]2[C@H](OC)[C@@H](C)C(=O)C[C@H](C)[C@@H](O)c2ccccc2)OC)[C@@H](C)CC)C(C)C)C(C)C)cc1.CCCCC[C@H](CC(=O)[C@H](CC(C)C)NC(=O)[C@@H](C)C(C)C)C(=O)Nc1ccc(COC(=O)Oc2ccc([N+](=O)[O-])cc2)cc1. The fraction of sp³-hybridized carbons (Fsp3) is 0.650. The summed E-state index contributed by atoms with van der Waals surface area (Å²) in [5, 5.41) is 33.6. The maximum atomic E-state index is 14.9. The number of anilines is 2. The Morgan fingerprint density at radius 3 is 1.42 bits per heavy atom. The van der Waals surface area contributed by atoms with Crippen molar-refractivity contribution in [2.24, 2.45) is 82.9 Å². The summed E-state index contributed by atoms with van der Waals surface area (Å²) in [6.07, 6.45) is 5.69. The molecule has 1 fully saturated rings. The molecule has 28 heteroatoms. The fourth-order valence-electron chi connectivity index (χ4n) is 16.7. The molecule has 1 aliphatic heterocycles.